The Hall–Kier alpha value is -1.14. The summed E-state index contributed by atoms with van der Waals surface area (Å²) in [7, 11) is 0. The van der Waals surface area contributed by atoms with Gasteiger partial charge in [-0.25, -0.2) is 9.97 Å². The van der Waals surface area contributed by atoms with E-state index in [4.69, 9.17) is 0 Å². The predicted octanol–water partition coefficient (Wildman–Crippen LogP) is 2.93. The van der Waals surface area contributed by atoms with Gasteiger partial charge in [0.1, 0.15) is 15.7 Å². The molecule has 1 saturated carbocycles. The van der Waals surface area contributed by atoms with Crippen molar-refractivity contribution < 1.29 is 4.79 Å². The molecule has 0 aromatic carbocycles. The molecule has 1 N–H and O–H groups in total. The Morgan fingerprint density at radius 2 is 2.30 bits per heavy atom. The van der Waals surface area contributed by atoms with Crippen molar-refractivity contribution >= 4 is 39.2 Å². The molecule has 0 spiro atoms. The molecule has 0 unspecified atom stereocenters. The Morgan fingerprint density at radius 1 is 1.50 bits per heavy atom. The average molecular weight is 307 g/mol. The van der Waals surface area contributed by atoms with Crippen molar-refractivity contribution in [3.8, 4) is 0 Å². The van der Waals surface area contributed by atoms with E-state index in [1.165, 1.54) is 16.6 Å². The fraction of sp³-hybridized carbons (Fsp3) is 0.500. The summed E-state index contributed by atoms with van der Waals surface area (Å²) in [6.07, 6.45) is 3.25. The molecule has 2 heterocycles. The lowest BCUT2D eigenvalue weighted by Gasteiger charge is -2.04. The summed E-state index contributed by atoms with van der Waals surface area (Å²) >= 11 is 3.22. The van der Waals surface area contributed by atoms with Gasteiger partial charge in [0.05, 0.1) is 5.75 Å². The van der Waals surface area contributed by atoms with Crippen LogP contribution in [0, 0.1) is 6.92 Å². The Labute approximate surface area is 126 Å². The zero-order chi connectivity index (χ0) is 14.1. The van der Waals surface area contributed by atoms with Gasteiger partial charge in [-0.05, 0) is 32.3 Å². The van der Waals surface area contributed by atoms with Crippen LogP contribution in [-0.4, -0.2) is 27.7 Å². The largest absolute Gasteiger partial charge is 0.353 e. The number of hydrogen-bond acceptors (Lipinski definition) is 5. The number of carbonyl (C=O) groups excluding carboxylic acids is 1. The van der Waals surface area contributed by atoms with Gasteiger partial charge in [-0.15, -0.1) is 11.3 Å². The molecule has 0 saturated heterocycles. The summed E-state index contributed by atoms with van der Waals surface area (Å²) in [6.45, 7) is 4.04. The van der Waals surface area contributed by atoms with Crippen molar-refractivity contribution in [3.05, 3.63) is 16.8 Å². The maximum atomic E-state index is 11.8. The molecule has 0 aliphatic heterocycles. The zero-order valence-corrected chi connectivity index (χ0v) is 13.2. The minimum absolute atomic E-state index is 0.104. The fourth-order valence-electron chi connectivity index (χ4n) is 1.96. The lowest BCUT2D eigenvalue weighted by atomic mass is 10.3. The Kier molecular flexibility index (Phi) is 3.94. The quantitative estimate of drug-likeness (QED) is 0.681. The maximum Gasteiger partial charge on any atom is 0.230 e. The van der Waals surface area contributed by atoms with Gasteiger partial charge >= 0.3 is 0 Å². The first-order chi connectivity index (χ1) is 9.65. The van der Waals surface area contributed by atoms with Crippen LogP contribution in [0.15, 0.2) is 11.1 Å². The van der Waals surface area contributed by atoms with Crippen LogP contribution in [0.5, 0.6) is 0 Å². The summed E-state index contributed by atoms with van der Waals surface area (Å²) in [5.74, 6) is 1.30. The van der Waals surface area contributed by atoms with E-state index in [0.717, 1.165) is 40.3 Å². The van der Waals surface area contributed by atoms with Gasteiger partial charge in [0.2, 0.25) is 5.91 Å². The highest BCUT2D eigenvalue weighted by Crippen LogP contribution is 2.31. The van der Waals surface area contributed by atoms with Crippen LogP contribution in [0.1, 0.15) is 30.5 Å². The van der Waals surface area contributed by atoms with Gasteiger partial charge in [0.25, 0.3) is 0 Å². The fourth-order valence-corrected chi connectivity index (χ4v) is 3.90. The summed E-state index contributed by atoms with van der Waals surface area (Å²) in [5, 5.41) is 5.01. The van der Waals surface area contributed by atoms with Crippen LogP contribution in [0.4, 0.5) is 0 Å². The smallest absolute Gasteiger partial charge is 0.230 e. The first-order valence-electron chi connectivity index (χ1n) is 6.85. The maximum absolute atomic E-state index is 11.8. The third-order valence-corrected chi connectivity index (χ3v) is 5.32. The first-order valence-corrected chi connectivity index (χ1v) is 8.65. The second-order valence-electron chi connectivity index (χ2n) is 4.99. The monoisotopic (exact) mass is 307 g/mol. The molecule has 1 fully saturated rings. The Morgan fingerprint density at radius 3 is 3.00 bits per heavy atom. The van der Waals surface area contributed by atoms with Crippen molar-refractivity contribution in [2.24, 2.45) is 0 Å². The average Bonchev–Trinajstić information content (AvgIpc) is 3.12. The number of carbonyl (C=O) groups is 1. The lowest BCUT2D eigenvalue weighted by Crippen LogP contribution is -2.27. The topological polar surface area (TPSA) is 54.9 Å². The third kappa shape index (κ3) is 3.12. The van der Waals surface area contributed by atoms with Gasteiger partial charge in [0.15, 0.2) is 0 Å². The molecule has 1 aliphatic carbocycles. The minimum atomic E-state index is 0.104. The molecule has 1 amide bonds. The number of aryl methyl sites for hydroxylation is 2. The number of aromatic nitrogens is 2. The van der Waals surface area contributed by atoms with Gasteiger partial charge in [0, 0.05) is 16.3 Å². The molecule has 6 heteroatoms. The van der Waals surface area contributed by atoms with Crippen molar-refractivity contribution in [1.29, 1.82) is 0 Å². The molecule has 20 heavy (non-hydrogen) atoms. The standard InChI is InChI=1S/C14H17N3OS2/c1-3-10-6-11-13(15-8(2)16-14(11)20-10)19-7-12(18)17-9-4-5-9/h6,9H,3-5,7H2,1-2H3,(H,17,18). The van der Waals surface area contributed by atoms with E-state index in [2.05, 4.69) is 28.3 Å². The molecular formula is C14H17N3OS2. The number of nitrogens with one attached hydrogen (secondary N) is 1. The van der Waals surface area contributed by atoms with E-state index in [-0.39, 0.29) is 5.91 Å². The Balaban J connectivity index is 1.78. The van der Waals surface area contributed by atoms with Gasteiger partial charge in [-0.2, -0.15) is 0 Å². The highest BCUT2D eigenvalue weighted by atomic mass is 32.2. The third-order valence-electron chi connectivity index (χ3n) is 3.15. The number of hydrogen-bond donors (Lipinski definition) is 1. The van der Waals surface area contributed by atoms with Crippen LogP contribution in [0.25, 0.3) is 10.2 Å². The number of amides is 1. The molecule has 2 aromatic heterocycles. The lowest BCUT2D eigenvalue weighted by molar-refractivity contribution is -0.118. The highest BCUT2D eigenvalue weighted by molar-refractivity contribution is 8.00. The molecule has 0 bridgehead atoms. The molecule has 1 aliphatic rings. The van der Waals surface area contributed by atoms with Gasteiger partial charge in [-0.1, -0.05) is 18.7 Å². The second kappa shape index (κ2) is 5.69. The van der Waals surface area contributed by atoms with E-state index in [1.807, 2.05) is 6.92 Å². The number of rotatable bonds is 5. The van der Waals surface area contributed by atoms with Gasteiger partial charge < -0.3 is 5.32 Å². The summed E-state index contributed by atoms with van der Waals surface area (Å²) in [4.78, 5) is 23.1. The minimum Gasteiger partial charge on any atom is -0.353 e. The first kappa shape index (κ1) is 13.8. The SMILES string of the molecule is CCc1cc2c(SCC(=O)NC3CC3)nc(C)nc2s1. The number of thiophene rings is 1. The number of fused-ring (bicyclic) bond motifs is 1. The Bertz CT molecular complexity index is 649. The molecule has 2 aromatic rings. The zero-order valence-electron chi connectivity index (χ0n) is 11.6. The van der Waals surface area contributed by atoms with E-state index in [1.54, 1.807) is 11.3 Å². The van der Waals surface area contributed by atoms with E-state index < -0.39 is 0 Å². The molecule has 3 rings (SSSR count). The van der Waals surface area contributed by atoms with E-state index in [0.29, 0.717) is 11.8 Å². The molecule has 4 nitrogen and oxygen atoms in total. The molecular weight excluding hydrogens is 290 g/mol. The van der Waals surface area contributed by atoms with Crippen molar-refractivity contribution in [2.45, 2.75) is 44.2 Å². The normalized spacial score (nSPS) is 14.7. The van der Waals surface area contributed by atoms with E-state index >= 15 is 0 Å². The van der Waals surface area contributed by atoms with Crippen LogP contribution in [0.2, 0.25) is 0 Å². The van der Waals surface area contributed by atoms with Crippen molar-refractivity contribution in [3.63, 3.8) is 0 Å². The molecule has 106 valence electrons. The van der Waals surface area contributed by atoms with Crippen molar-refractivity contribution in [2.75, 3.05) is 5.75 Å². The van der Waals surface area contributed by atoms with Crippen LogP contribution < -0.4 is 5.32 Å². The molecule has 0 radical (unpaired) electrons. The predicted molar refractivity (Wildman–Crippen MR) is 83.4 cm³/mol. The van der Waals surface area contributed by atoms with Crippen molar-refractivity contribution in [1.82, 2.24) is 15.3 Å². The summed E-state index contributed by atoms with van der Waals surface area (Å²) < 4.78 is 0. The van der Waals surface area contributed by atoms with Gasteiger partial charge in [-0.3, -0.25) is 4.79 Å². The summed E-state index contributed by atoms with van der Waals surface area (Å²) in [5.41, 5.74) is 0. The van der Waals surface area contributed by atoms with Crippen LogP contribution in [-0.2, 0) is 11.2 Å². The van der Waals surface area contributed by atoms with E-state index in [9.17, 15) is 4.79 Å². The number of thioether (sulfide) groups is 1. The molecule has 0 atom stereocenters. The van der Waals surface area contributed by atoms with Crippen LogP contribution >= 0.6 is 23.1 Å². The van der Waals surface area contributed by atoms with Crippen LogP contribution in [0.3, 0.4) is 0 Å². The summed E-state index contributed by atoms with van der Waals surface area (Å²) in [6, 6.07) is 2.57. The second-order valence-corrected chi connectivity index (χ2v) is 7.07. The number of nitrogens with zero attached hydrogens (tertiary/aromatic N) is 2. The highest BCUT2D eigenvalue weighted by Gasteiger charge is 2.23.